The number of carbonyl (C=O) groups is 1. The average molecular weight is 463 g/mol. The van der Waals surface area contributed by atoms with Gasteiger partial charge in [0, 0.05) is 5.92 Å². The van der Waals surface area contributed by atoms with E-state index < -0.39 is 17.6 Å². The Morgan fingerprint density at radius 2 is 1.44 bits per heavy atom. The predicted octanol–water partition coefficient (Wildman–Crippen LogP) is 8.55. The Morgan fingerprint density at radius 1 is 0.875 bits per heavy atom. The van der Waals surface area contributed by atoms with Gasteiger partial charge in [0.25, 0.3) is 0 Å². The number of carbonyl (C=O) groups excluding carboxylic acids is 1. The Hall–Kier alpha value is -2.66. The van der Waals surface area contributed by atoms with Crippen LogP contribution in [0.3, 0.4) is 0 Å². The highest BCUT2D eigenvalue weighted by molar-refractivity contribution is 6.30. The fourth-order valence-corrected chi connectivity index (χ4v) is 3.84. The highest BCUT2D eigenvalue weighted by Crippen LogP contribution is 2.36. The quantitative estimate of drug-likeness (QED) is 0.335. The second kappa shape index (κ2) is 9.45. The highest BCUT2D eigenvalue weighted by Gasteiger charge is 2.30. The van der Waals surface area contributed by atoms with Crippen molar-refractivity contribution in [3.05, 3.63) is 82.6 Å². The van der Waals surface area contributed by atoms with Crippen molar-refractivity contribution in [2.75, 3.05) is 0 Å². The van der Waals surface area contributed by atoms with Crippen molar-refractivity contribution in [3.8, 4) is 22.3 Å². The van der Waals surface area contributed by atoms with Crippen LogP contribution < -0.4 is 0 Å². The molecular formula is C26H23ClF4O. The Morgan fingerprint density at radius 3 is 1.94 bits per heavy atom. The molecule has 3 rings (SSSR count). The maximum Gasteiger partial charge on any atom is 0.416 e. The molecule has 0 aliphatic heterocycles. The summed E-state index contributed by atoms with van der Waals surface area (Å²) in [5, 5.41) is -0.00529. The molecule has 0 fully saturated rings. The van der Waals surface area contributed by atoms with E-state index in [0.717, 1.165) is 17.7 Å². The van der Waals surface area contributed by atoms with Crippen LogP contribution in [0.2, 0.25) is 5.02 Å². The van der Waals surface area contributed by atoms with Crippen LogP contribution in [-0.2, 0) is 11.0 Å². The first-order valence-corrected chi connectivity index (χ1v) is 10.6. The Balaban J connectivity index is 2.17. The third-order valence-electron chi connectivity index (χ3n) is 5.35. The van der Waals surface area contributed by atoms with Crippen molar-refractivity contribution < 1.29 is 22.4 Å². The van der Waals surface area contributed by atoms with Gasteiger partial charge in [-0.15, -0.1) is 0 Å². The predicted molar refractivity (Wildman–Crippen MR) is 120 cm³/mol. The van der Waals surface area contributed by atoms with E-state index in [0.29, 0.717) is 28.7 Å². The minimum Gasteiger partial charge on any atom is -0.299 e. The molecule has 3 aromatic rings. The second-order valence-corrected chi connectivity index (χ2v) is 8.75. The standard InChI is InChI=1S/C26H23ClF4O/c1-15(2)10-23(16(3)32)21-12-19(17-4-7-22(8-5-17)26(29,30)31)11-20(13-21)18-6-9-24(27)25(28)14-18/h4-9,11-15,23H,10H2,1-3H3. The van der Waals surface area contributed by atoms with Crippen LogP contribution in [0.25, 0.3) is 22.3 Å². The van der Waals surface area contributed by atoms with Gasteiger partial charge in [-0.25, -0.2) is 4.39 Å². The molecule has 0 aromatic heterocycles. The van der Waals surface area contributed by atoms with Gasteiger partial charge in [-0.1, -0.05) is 55.8 Å². The lowest BCUT2D eigenvalue weighted by atomic mass is 9.84. The van der Waals surface area contributed by atoms with Crippen molar-refractivity contribution >= 4 is 17.4 Å². The van der Waals surface area contributed by atoms with Crippen LogP contribution in [0.5, 0.6) is 0 Å². The van der Waals surface area contributed by atoms with Gasteiger partial charge >= 0.3 is 6.18 Å². The number of ketones is 1. The first kappa shape index (κ1) is 24.0. The smallest absolute Gasteiger partial charge is 0.299 e. The molecule has 168 valence electrons. The fraction of sp³-hybridized carbons (Fsp3) is 0.269. The molecule has 0 radical (unpaired) electrons. The molecule has 0 amide bonds. The summed E-state index contributed by atoms with van der Waals surface area (Å²) in [5.74, 6) is -0.692. The van der Waals surface area contributed by atoms with E-state index >= 15 is 0 Å². The molecule has 0 saturated carbocycles. The number of rotatable bonds is 6. The summed E-state index contributed by atoms with van der Waals surface area (Å²) < 4.78 is 53.0. The zero-order chi connectivity index (χ0) is 23.6. The van der Waals surface area contributed by atoms with Gasteiger partial charge < -0.3 is 0 Å². The summed E-state index contributed by atoms with van der Waals surface area (Å²) in [4.78, 5) is 12.4. The van der Waals surface area contributed by atoms with E-state index in [4.69, 9.17) is 11.6 Å². The first-order valence-electron chi connectivity index (χ1n) is 10.2. The zero-order valence-electron chi connectivity index (χ0n) is 17.9. The molecule has 0 aliphatic rings. The largest absolute Gasteiger partial charge is 0.416 e. The summed E-state index contributed by atoms with van der Waals surface area (Å²) in [6.07, 6.45) is -3.80. The molecular weight excluding hydrogens is 440 g/mol. The maximum absolute atomic E-state index is 14.1. The monoisotopic (exact) mass is 462 g/mol. The number of Topliss-reactive ketones (excluding diaryl/α,β-unsaturated/α-hetero) is 1. The van der Waals surface area contributed by atoms with Crippen LogP contribution in [-0.4, -0.2) is 5.78 Å². The number of benzene rings is 3. The van der Waals surface area contributed by atoms with Gasteiger partial charge in [0.1, 0.15) is 11.6 Å². The van der Waals surface area contributed by atoms with Crippen molar-refractivity contribution in [2.24, 2.45) is 5.92 Å². The van der Waals surface area contributed by atoms with Crippen LogP contribution in [0, 0.1) is 11.7 Å². The number of hydrogen-bond donors (Lipinski definition) is 0. The summed E-state index contributed by atoms with van der Waals surface area (Å²) in [5.41, 5.74) is 2.45. The average Bonchev–Trinajstić information content (AvgIpc) is 2.73. The molecule has 1 nitrogen and oxygen atoms in total. The normalized spacial score (nSPS) is 12.8. The summed E-state index contributed by atoms with van der Waals surface area (Å²) in [6, 6.07) is 14.7. The lowest BCUT2D eigenvalue weighted by molar-refractivity contribution is -0.137. The van der Waals surface area contributed by atoms with E-state index in [1.165, 1.54) is 31.2 Å². The Labute approximate surface area is 190 Å². The molecule has 6 heteroatoms. The topological polar surface area (TPSA) is 17.1 Å². The van der Waals surface area contributed by atoms with Crippen molar-refractivity contribution in [1.82, 2.24) is 0 Å². The lowest BCUT2D eigenvalue weighted by Gasteiger charge is -2.19. The van der Waals surface area contributed by atoms with E-state index in [2.05, 4.69) is 0 Å². The van der Waals surface area contributed by atoms with Crippen molar-refractivity contribution in [3.63, 3.8) is 0 Å². The first-order chi connectivity index (χ1) is 15.0. The Bertz CT molecular complexity index is 1120. The third-order valence-corrected chi connectivity index (χ3v) is 5.66. The van der Waals surface area contributed by atoms with E-state index in [1.807, 2.05) is 26.0 Å². The molecule has 1 atom stereocenters. The van der Waals surface area contributed by atoms with Crippen LogP contribution in [0.1, 0.15) is 44.2 Å². The van der Waals surface area contributed by atoms with E-state index in [-0.39, 0.29) is 22.6 Å². The third kappa shape index (κ3) is 5.57. The van der Waals surface area contributed by atoms with Gasteiger partial charge in [0.2, 0.25) is 0 Å². The molecule has 0 saturated heterocycles. The van der Waals surface area contributed by atoms with Gasteiger partial charge in [0.15, 0.2) is 0 Å². The molecule has 0 aliphatic carbocycles. The van der Waals surface area contributed by atoms with Crippen LogP contribution >= 0.6 is 11.6 Å². The van der Waals surface area contributed by atoms with Crippen molar-refractivity contribution in [2.45, 2.75) is 39.3 Å². The summed E-state index contributed by atoms with van der Waals surface area (Å²) >= 11 is 5.82. The summed E-state index contributed by atoms with van der Waals surface area (Å²) in [7, 11) is 0. The highest BCUT2D eigenvalue weighted by atomic mass is 35.5. The SMILES string of the molecule is CC(=O)C(CC(C)C)c1cc(-c2ccc(C(F)(F)F)cc2)cc(-c2ccc(Cl)c(F)c2)c1. The fourth-order valence-electron chi connectivity index (χ4n) is 3.72. The minimum atomic E-state index is -4.43. The van der Waals surface area contributed by atoms with Crippen molar-refractivity contribution in [1.29, 1.82) is 0 Å². The van der Waals surface area contributed by atoms with E-state index in [1.54, 1.807) is 12.1 Å². The molecule has 0 bridgehead atoms. The maximum atomic E-state index is 14.1. The molecule has 0 heterocycles. The molecule has 1 unspecified atom stereocenters. The second-order valence-electron chi connectivity index (χ2n) is 8.34. The molecule has 32 heavy (non-hydrogen) atoms. The van der Waals surface area contributed by atoms with Gasteiger partial charge in [-0.3, -0.25) is 4.79 Å². The van der Waals surface area contributed by atoms with Crippen LogP contribution in [0.15, 0.2) is 60.7 Å². The van der Waals surface area contributed by atoms with Crippen LogP contribution in [0.4, 0.5) is 17.6 Å². The summed E-state index contributed by atoms with van der Waals surface area (Å²) in [6.45, 7) is 5.57. The van der Waals surface area contributed by atoms with E-state index in [9.17, 15) is 22.4 Å². The number of alkyl halides is 3. The Kier molecular flexibility index (Phi) is 7.09. The molecule has 3 aromatic carbocycles. The number of hydrogen-bond acceptors (Lipinski definition) is 1. The van der Waals surface area contributed by atoms with Gasteiger partial charge in [0.05, 0.1) is 10.6 Å². The molecule has 0 spiro atoms. The lowest BCUT2D eigenvalue weighted by Crippen LogP contribution is -2.12. The van der Waals surface area contributed by atoms with Gasteiger partial charge in [-0.2, -0.15) is 13.2 Å². The minimum absolute atomic E-state index is 0.00324. The molecule has 0 N–H and O–H groups in total. The number of halogens is 5. The zero-order valence-corrected chi connectivity index (χ0v) is 18.7. The van der Waals surface area contributed by atoms with Gasteiger partial charge in [-0.05, 0) is 77.4 Å².